The predicted molar refractivity (Wildman–Crippen MR) is 169 cm³/mol. The number of carbonyl (C=O) groups excluding carboxylic acids is 1. The van der Waals surface area contributed by atoms with E-state index >= 15 is 0 Å². The molecule has 0 bridgehead atoms. The van der Waals surface area contributed by atoms with Gasteiger partial charge in [-0.25, -0.2) is 0 Å². The minimum absolute atomic E-state index is 0. The Morgan fingerprint density at radius 1 is 0.619 bits per heavy atom. The maximum Gasteiger partial charge on any atom is 4.00 e. The van der Waals surface area contributed by atoms with Crippen molar-refractivity contribution in [1.29, 1.82) is 0 Å². The largest absolute Gasteiger partial charge is 4.00 e. The van der Waals surface area contributed by atoms with Crippen LogP contribution in [0.15, 0.2) is 140 Å². The van der Waals surface area contributed by atoms with Crippen molar-refractivity contribution >= 4 is 47.3 Å². The molecule has 6 aromatic rings. The van der Waals surface area contributed by atoms with Crippen molar-refractivity contribution in [2.24, 2.45) is 0 Å². The van der Waals surface area contributed by atoms with Crippen molar-refractivity contribution in [1.82, 2.24) is 0 Å². The van der Waals surface area contributed by atoms with Crippen molar-refractivity contribution < 1.29 is 55.5 Å². The minimum atomic E-state index is -0.619. The molecule has 210 valence electrons. The first-order valence-corrected chi connectivity index (χ1v) is 14.1. The van der Waals surface area contributed by atoms with Crippen LogP contribution in [0.5, 0.6) is 0 Å². The van der Waals surface area contributed by atoms with Crippen molar-refractivity contribution in [3.63, 3.8) is 0 Å². The molecule has 0 spiro atoms. The molecule has 0 aromatic heterocycles. The zero-order chi connectivity index (χ0) is 27.7. The Labute approximate surface area is 283 Å². The Bertz CT molecular complexity index is 1560. The molecule has 2 nitrogen and oxygen atoms in total. The first-order chi connectivity index (χ1) is 18.8. The predicted octanol–water partition coefficient (Wildman–Crippen LogP) is 2.24. The van der Waals surface area contributed by atoms with E-state index in [4.69, 9.17) is 5.73 Å². The second-order valence-corrected chi connectivity index (χ2v) is 11.7. The van der Waals surface area contributed by atoms with Crippen LogP contribution in [0, 0.1) is 0 Å². The Hall–Kier alpha value is -2.89. The molecule has 0 aliphatic rings. The molecular weight excluding hydrogens is 740 g/mol. The standard InChI is InChI=1S/C13H9.C12H10Si.C11H15NO.2ClH.Hf/c1-3-7-12-10(5-1)9-11-6-2-4-8-13(11)12;1-3-7-11(8-4-1)13-12-9-5-2-6-10-12;1-11(2,3)9-6-4-5-8(7-9)10(12)13;;;/h1-9H;1-10H;4-7H,1-3H3,(H2,12,13);2*1H;/q-1;;;;;+4/p-3. The van der Waals surface area contributed by atoms with E-state index in [2.05, 4.69) is 136 Å². The zero-order valence-corrected chi connectivity index (χ0v) is 30.0. The summed E-state index contributed by atoms with van der Waals surface area (Å²) in [5.41, 5.74) is 8.57. The van der Waals surface area contributed by atoms with E-state index in [1.165, 1.54) is 31.9 Å². The van der Waals surface area contributed by atoms with E-state index in [1.54, 1.807) is 12.1 Å². The van der Waals surface area contributed by atoms with Crippen LogP contribution in [0.4, 0.5) is 0 Å². The van der Waals surface area contributed by atoms with Crippen molar-refractivity contribution in [3.05, 3.63) is 156 Å². The molecule has 0 aliphatic heterocycles. The van der Waals surface area contributed by atoms with Gasteiger partial charge in [-0.2, -0.15) is 0 Å². The minimum Gasteiger partial charge on any atom is -1.00 e. The van der Waals surface area contributed by atoms with E-state index in [0.29, 0.717) is 5.56 Å². The van der Waals surface area contributed by atoms with Crippen LogP contribution >= 0.6 is 0 Å². The van der Waals surface area contributed by atoms with Gasteiger partial charge >= 0.3 is 25.8 Å². The van der Waals surface area contributed by atoms with Crippen molar-refractivity contribution in [3.8, 4) is 0 Å². The molecule has 0 aliphatic carbocycles. The molecule has 0 saturated heterocycles. The summed E-state index contributed by atoms with van der Waals surface area (Å²) in [6.45, 7) is 6.25. The summed E-state index contributed by atoms with van der Waals surface area (Å²) in [6, 6.07) is 47.7. The number of benzene rings is 5. The first kappa shape index (κ1) is 37.1. The molecule has 0 saturated carbocycles. The summed E-state index contributed by atoms with van der Waals surface area (Å²) in [4.78, 5) is 10.8. The van der Waals surface area contributed by atoms with E-state index in [1.807, 2.05) is 12.1 Å². The normalized spacial score (nSPS) is 9.98. The third-order valence-electron chi connectivity index (χ3n) is 6.35. The van der Waals surface area contributed by atoms with Crippen LogP contribution in [0.1, 0.15) is 36.7 Å². The fourth-order valence-electron chi connectivity index (χ4n) is 4.24. The van der Waals surface area contributed by atoms with Gasteiger partial charge in [0.05, 0.1) is 5.91 Å². The quantitative estimate of drug-likeness (QED) is 0.201. The summed E-state index contributed by atoms with van der Waals surface area (Å²) in [7, 11) is 0.777. The Kier molecular flexibility index (Phi) is 15.8. The zero-order valence-electron chi connectivity index (χ0n) is 23.9. The molecule has 0 unspecified atom stereocenters. The molecule has 0 heterocycles. The van der Waals surface area contributed by atoms with Gasteiger partial charge < -0.3 is 35.3 Å². The van der Waals surface area contributed by atoms with Crippen LogP contribution in [0.25, 0.3) is 27.3 Å². The molecule has 2 radical (unpaired) electrons. The monoisotopic (exact) mass is 773 g/mol. The van der Waals surface area contributed by atoms with Gasteiger partial charge in [-0.05, 0) is 22.6 Å². The maximum atomic E-state index is 10.8. The van der Waals surface area contributed by atoms with Crippen LogP contribution in [0.2, 0.25) is 0 Å². The summed E-state index contributed by atoms with van der Waals surface area (Å²) in [6.07, 6.45) is 0. The van der Waals surface area contributed by atoms with E-state index in [0.717, 1.165) is 15.1 Å². The van der Waals surface area contributed by atoms with Gasteiger partial charge in [0.2, 0.25) is 0 Å². The smallest absolute Gasteiger partial charge is 1.00 e. The fourth-order valence-corrected chi connectivity index (χ4v) is 5.29. The second-order valence-electron chi connectivity index (χ2n) is 10.3. The van der Waals surface area contributed by atoms with E-state index < -0.39 is 5.91 Å². The third-order valence-corrected chi connectivity index (χ3v) is 7.59. The van der Waals surface area contributed by atoms with Crippen LogP contribution < -0.4 is 35.2 Å². The average molecular weight is 773 g/mol. The molecule has 1 N–H and O–H groups in total. The van der Waals surface area contributed by atoms with Gasteiger partial charge in [0, 0.05) is 0 Å². The molecule has 0 atom stereocenters. The van der Waals surface area contributed by atoms with E-state index in [9.17, 15) is 4.79 Å². The second kappa shape index (κ2) is 17.9. The summed E-state index contributed by atoms with van der Waals surface area (Å²) < 4.78 is 0. The van der Waals surface area contributed by atoms with Crippen molar-refractivity contribution in [2.75, 3.05) is 0 Å². The fraction of sp³-hybridized carbons (Fsp3) is 0.111. The molecule has 6 heteroatoms. The van der Waals surface area contributed by atoms with Gasteiger partial charge in [-0.1, -0.05) is 146 Å². The topological polar surface area (TPSA) is 40.9 Å². The van der Waals surface area contributed by atoms with Gasteiger partial charge in [0.25, 0.3) is 0 Å². The average Bonchev–Trinajstić information content (AvgIpc) is 3.33. The summed E-state index contributed by atoms with van der Waals surface area (Å²) in [5, 5.41) is 8.19. The van der Waals surface area contributed by atoms with Crippen molar-refractivity contribution in [2.45, 2.75) is 26.2 Å². The molecule has 6 rings (SSSR count). The molecular formula is C36H33Cl2HfNOSi. The molecule has 0 fully saturated rings. The number of hydrogen-bond donors (Lipinski definition) is 0. The number of amides is 1. The molecule has 42 heavy (non-hydrogen) atoms. The molecule has 6 aromatic carbocycles. The van der Waals surface area contributed by atoms with Gasteiger partial charge in [-0.3, -0.25) is 0 Å². The van der Waals surface area contributed by atoms with Gasteiger partial charge in [0.15, 0.2) is 0 Å². The number of fused-ring (bicyclic) bond motifs is 3. The van der Waals surface area contributed by atoms with Crippen LogP contribution in [-0.2, 0) is 31.3 Å². The maximum absolute atomic E-state index is 10.8. The number of rotatable bonds is 3. The van der Waals surface area contributed by atoms with E-state index in [-0.39, 0.29) is 56.1 Å². The first-order valence-electron chi connectivity index (χ1n) is 13.1. The van der Waals surface area contributed by atoms with Crippen LogP contribution in [-0.4, -0.2) is 15.4 Å². The molecule has 1 amide bonds. The SMILES string of the molecule is CC(C)(C)c1cccc(C([NH-])=O)c1.[Cl-].[Cl-].[Hf+4].c1ccc([Si]c2ccccc2)cc1.c1ccc2c(c1)[cH-]c1ccccc12. The Morgan fingerprint density at radius 3 is 1.48 bits per heavy atom. The Morgan fingerprint density at radius 2 is 1.05 bits per heavy atom. The van der Waals surface area contributed by atoms with Gasteiger partial charge in [-0.15, -0.1) is 39.7 Å². The van der Waals surface area contributed by atoms with Crippen LogP contribution in [0.3, 0.4) is 0 Å². The third kappa shape index (κ3) is 10.7. The summed E-state index contributed by atoms with van der Waals surface area (Å²) >= 11 is 0. The number of halogens is 2. The Balaban J connectivity index is 0.000000304. The number of nitrogens with one attached hydrogen (secondary N) is 1. The number of hydrogen-bond acceptors (Lipinski definition) is 1. The summed E-state index contributed by atoms with van der Waals surface area (Å²) in [5.74, 6) is -0.619. The van der Waals surface area contributed by atoms with Gasteiger partial charge in [0.1, 0.15) is 9.52 Å². The number of carbonyl (C=O) groups is 1.